The lowest BCUT2D eigenvalue weighted by Gasteiger charge is -2.09. The third kappa shape index (κ3) is 3.61. The standard InChI is InChI=1S/C15H14ClFN2O3S2/c16-11-8-10(17)5-6-14(11)24(21,22)19-18-15(20)13-7-9-3-1-2-4-12(9)23-13/h5-8,19H,1-4H2,(H,18,20). The van der Waals surface area contributed by atoms with Gasteiger partial charge < -0.3 is 0 Å². The van der Waals surface area contributed by atoms with Crippen molar-refractivity contribution in [2.45, 2.75) is 30.6 Å². The second-order valence-corrected chi connectivity index (χ2v) is 8.60. The van der Waals surface area contributed by atoms with Crippen LogP contribution in [-0.2, 0) is 22.9 Å². The molecule has 0 aliphatic heterocycles. The molecule has 0 fully saturated rings. The van der Waals surface area contributed by atoms with Crippen LogP contribution in [0.25, 0.3) is 0 Å². The smallest absolute Gasteiger partial charge is 0.273 e. The number of carbonyl (C=O) groups is 1. The monoisotopic (exact) mass is 388 g/mol. The summed E-state index contributed by atoms with van der Waals surface area (Å²) in [6, 6.07) is 4.71. The zero-order chi connectivity index (χ0) is 17.3. The van der Waals surface area contributed by atoms with Crippen molar-refractivity contribution in [3.63, 3.8) is 0 Å². The van der Waals surface area contributed by atoms with Crippen LogP contribution in [-0.4, -0.2) is 14.3 Å². The number of thiophene rings is 1. The Hall–Kier alpha value is -1.48. The Morgan fingerprint density at radius 2 is 1.96 bits per heavy atom. The largest absolute Gasteiger partial charge is 0.276 e. The van der Waals surface area contributed by atoms with Crippen LogP contribution in [0.1, 0.15) is 33.0 Å². The van der Waals surface area contributed by atoms with E-state index in [2.05, 4.69) is 5.43 Å². The minimum atomic E-state index is -4.09. The van der Waals surface area contributed by atoms with Gasteiger partial charge in [-0.2, -0.15) is 0 Å². The number of carbonyl (C=O) groups excluding carboxylic acids is 1. The number of nitrogens with one attached hydrogen (secondary N) is 2. The van der Waals surface area contributed by atoms with Gasteiger partial charge in [0.05, 0.1) is 9.90 Å². The molecular weight excluding hydrogens is 375 g/mol. The summed E-state index contributed by atoms with van der Waals surface area (Å²) in [5, 5.41) is -0.261. The van der Waals surface area contributed by atoms with E-state index in [0.717, 1.165) is 49.4 Å². The second-order valence-electron chi connectivity index (χ2n) is 5.40. The third-order valence-electron chi connectivity index (χ3n) is 3.70. The normalized spacial score (nSPS) is 14.2. The molecule has 1 aromatic heterocycles. The van der Waals surface area contributed by atoms with E-state index < -0.39 is 21.7 Å². The average molecular weight is 389 g/mol. The summed E-state index contributed by atoms with van der Waals surface area (Å²) in [4.78, 5) is 15.5. The molecule has 5 nitrogen and oxygen atoms in total. The lowest BCUT2D eigenvalue weighted by Crippen LogP contribution is -2.41. The Bertz CT molecular complexity index is 873. The van der Waals surface area contributed by atoms with Crippen LogP contribution < -0.4 is 10.3 Å². The van der Waals surface area contributed by atoms with Crippen molar-refractivity contribution in [1.82, 2.24) is 10.3 Å². The predicted molar refractivity (Wildman–Crippen MR) is 90.2 cm³/mol. The first-order valence-electron chi connectivity index (χ1n) is 7.25. The number of hydrogen-bond donors (Lipinski definition) is 2. The number of benzene rings is 1. The van der Waals surface area contributed by atoms with Crippen LogP contribution in [0.4, 0.5) is 4.39 Å². The number of sulfonamides is 1. The van der Waals surface area contributed by atoms with E-state index in [1.54, 1.807) is 6.07 Å². The van der Waals surface area contributed by atoms with Crippen LogP contribution in [0.5, 0.6) is 0 Å². The molecule has 1 heterocycles. The Morgan fingerprint density at radius 1 is 1.21 bits per heavy atom. The van der Waals surface area contributed by atoms with Gasteiger partial charge in [0, 0.05) is 4.88 Å². The lowest BCUT2D eigenvalue weighted by molar-refractivity contribution is 0.0949. The van der Waals surface area contributed by atoms with Crippen LogP contribution >= 0.6 is 22.9 Å². The summed E-state index contributed by atoms with van der Waals surface area (Å²) < 4.78 is 37.3. The molecule has 1 amide bonds. The predicted octanol–water partition coefficient (Wildman–Crippen LogP) is 3.04. The maximum atomic E-state index is 13.0. The van der Waals surface area contributed by atoms with E-state index in [1.165, 1.54) is 16.2 Å². The van der Waals surface area contributed by atoms with Gasteiger partial charge in [0.1, 0.15) is 10.7 Å². The molecule has 3 rings (SSSR count). The summed E-state index contributed by atoms with van der Waals surface area (Å²) in [6.07, 6.45) is 4.09. The molecule has 0 saturated heterocycles. The molecule has 24 heavy (non-hydrogen) atoms. The summed E-state index contributed by atoms with van der Waals surface area (Å²) in [7, 11) is -4.09. The SMILES string of the molecule is O=C(NNS(=O)(=O)c1ccc(F)cc1Cl)c1cc2c(s1)CCCC2. The van der Waals surface area contributed by atoms with Gasteiger partial charge in [0.25, 0.3) is 15.9 Å². The summed E-state index contributed by atoms with van der Waals surface area (Å²) in [5.41, 5.74) is 3.32. The van der Waals surface area contributed by atoms with Gasteiger partial charge in [0.2, 0.25) is 0 Å². The molecule has 2 aromatic rings. The van der Waals surface area contributed by atoms with Crippen molar-refractivity contribution < 1.29 is 17.6 Å². The van der Waals surface area contributed by atoms with Crippen molar-refractivity contribution >= 4 is 38.9 Å². The number of halogens is 2. The highest BCUT2D eigenvalue weighted by molar-refractivity contribution is 7.89. The molecule has 2 N–H and O–H groups in total. The van der Waals surface area contributed by atoms with E-state index in [0.29, 0.717) is 4.88 Å². The van der Waals surface area contributed by atoms with Gasteiger partial charge in [0.15, 0.2) is 0 Å². The van der Waals surface area contributed by atoms with Crippen LogP contribution in [0.3, 0.4) is 0 Å². The van der Waals surface area contributed by atoms with Crippen LogP contribution in [0, 0.1) is 5.82 Å². The molecule has 0 radical (unpaired) electrons. The number of hydrogen-bond acceptors (Lipinski definition) is 4. The summed E-state index contributed by atoms with van der Waals surface area (Å²) in [6.45, 7) is 0. The van der Waals surface area contributed by atoms with Crippen molar-refractivity contribution in [3.8, 4) is 0 Å². The molecule has 128 valence electrons. The molecule has 1 aromatic carbocycles. The molecule has 0 unspecified atom stereocenters. The molecule has 0 atom stereocenters. The molecule has 0 bridgehead atoms. The van der Waals surface area contributed by atoms with Gasteiger partial charge in [-0.1, -0.05) is 11.6 Å². The molecule has 1 aliphatic rings. The summed E-state index contributed by atoms with van der Waals surface area (Å²) >= 11 is 7.12. The molecular formula is C15H14ClFN2O3S2. The maximum Gasteiger partial charge on any atom is 0.276 e. The van der Waals surface area contributed by atoms with E-state index in [9.17, 15) is 17.6 Å². The lowest BCUT2D eigenvalue weighted by atomic mass is 9.99. The molecule has 9 heteroatoms. The highest BCUT2D eigenvalue weighted by Crippen LogP contribution is 2.29. The highest BCUT2D eigenvalue weighted by Gasteiger charge is 2.21. The second kappa shape index (κ2) is 6.79. The van der Waals surface area contributed by atoms with Gasteiger partial charge >= 0.3 is 0 Å². The number of fused-ring (bicyclic) bond motifs is 1. The number of amides is 1. The molecule has 1 aliphatic carbocycles. The topological polar surface area (TPSA) is 75.3 Å². The first-order valence-corrected chi connectivity index (χ1v) is 9.93. The number of rotatable bonds is 4. The zero-order valence-electron chi connectivity index (χ0n) is 12.4. The first-order chi connectivity index (χ1) is 11.4. The van der Waals surface area contributed by atoms with Crippen molar-refractivity contribution in [1.29, 1.82) is 0 Å². The van der Waals surface area contributed by atoms with Crippen molar-refractivity contribution in [2.75, 3.05) is 0 Å². The van der Waals surface area contributed by atoms with Crippen LogP contribution in [0.2, 0.25) is 5.02 Å². The minimum Gasteiger partial charge on any atom is -0.273 e. The van der Waals surface area contributed by atoms with Crippen LogP contribution in [0.15, 0.2) is 29.2 Å². The molecule has 0 saturated carbocycles. The van der Waals surface area contributed by atoms with Gasteiger partial charge in [-0.25, -0.2) is 12.8 Å². The Morgan fingerprint density at radius 3 is 2.67 bits per heavy atom. The van der Waals surface area contributed by atoms with Crippen molar-refractivity contribution in [3.05, 3.63) is 50.4 Å². The Balaban J connectivity index is 1.72. The summed E-state index contributed by atoms with van der Waals surface area (Å²) in [5.74, 6) is -1.18. The quantitative estimate of drug-likeness (QED) is 0.790. The third-order valence-corrected chi connectivity index (χ3v) is 6.67. The number of hydrazine groups is 1. The minimum absolute atomic E-state index is 0.261. The van der Waals surface area contributed by atoms with E-state index in [1.807, 2.05) is 4.83 Å². The van der Waals surface area contributed by atoms with Gasteiger partial charge in [-0.15, -0.1) is 16.2 Å². The van der Waals surface area contributed by atoms with E-state index in [4.69, 9.17) is 11.6 Å². The maximum absolute atomic E-state index is 13.0. The fourth-order valence-electron chi connectivity index (χ4n) is 2.53. The molecule has 0 spiro atoms. The van der Waals surface area contributed by atoms with E-state index in [-0.39, 0.29) is 9.92 Å². The first kappa shape index (κ1) is 17.3. The van der Waals surface area contributed by atoms with Gasteiger partial charge in [-0.05, 0) is 55.5 Å². The van der Waals surface area contributed by atoms with Gasteiger partial charge in [-0.3, -0.25) is 10.2 Å². The number of aryl methyl sites for hydroxylation is 2. The Labute approximate surface area is 147 Å². The average Bonchev–Trinajstić information content (AvgIpc) is 2.96. The fraction of sp³-hybridized carbons (Fsp3) is 0.267. The van der Waals surface area contributed by atoms with E-state index >= 15 is 0 Å². The highest BCUT2D eigenvalue weighted by atomic mass is 35.5. The van der Waals surface area contributed by atoms with Crippen molar-refractivity contribution in [2.24, 2.45) is 0 Å². The Kier molecular flexibility index (Phi) is 4.91. The fourth-order valence-corrected chi connectivity index (χ4v) is 5.05. The zero-order valence-corrected chi connectivity index (χ0v) is 14.8.